The largest absolute Gasteiger partial charge is 0.454 e. The topological polar surface area (TPSA) is 60.5 Å². The van der Waals surface area contributed by atoms with Crippen LogP contribution in [0, 0.1) is 0 Å². The molecule has 1 aliphatic rings. The summed E-state index contributed by atoms with van der Waals surface area (Å²) in [6.07, 6.45) is 3.17. The Balaban J connectivity index is 0.00000147. The second kappa shape index (κ2) is 6.25. The number of hydrogen-bond acceptors (Lipinski definition) is 4. The minimum absolute atomic E-state index is 0. The molecule has 0 bridgehead atoms. The monoisotopic (exact) mass is 292 g/mol. The average molecular weight is 293 g/mol. The van der Waals surface area contributed by atoms with E-state index in [1.807, 2.05) is 18.2 Å². The van der Waals surface area contributed by atoms with Crippen molar-refractivity contribution in [3.8, 4) is 11.5 Å². The van der Waals surface area contributed by atoms with Crippen LogP contribution >= 0.6 is 12.4 Å². The van der Waals surface area contributed by atoms with Gasteiger partial charge in [0.15, 0.2) is 11.5 Å². The highest BCUT2D eigenvalue weighted by atomic mass is 35.5. The van der Waals surface area contributed by atoms with Crippen LogP contribution in [0.2, 0.25) is 0 Å². The van der Waals surface area contributed by atoms with Gasteiger partial charge in [-0.15, -0.1) is 12.4 Å². The van der Waals surface area contributed by atoms with Crippen molar-refractivity contribution in [1.82, 2.24) is 10.3 Å². The van der Waals surface area contributed by atoms with Crippen LogP contribution in [0.25, 0.3) is 0 Å². The molecule has 0 atom stereocenters. The zero-order chi connectivity index (χ0) is 13.1. The van der Waals surface area contributed by atoms with Gasteiger partial charge in [0.2, 0.25) is 6.79 Å². The molecule has 0 saturated heterocycles. The quantitative estimate of drug-likeness (QED) is 0.942. The van der Waals surface area contributed by atoms with Crippen molar-refractivity contribution in [2.24, 2.45) is 0 Å². The maximum atomic E-state index is 11.8. The molecule has 2 aromatic rings. The molecule has 0 fully saturated rings. The third kappa shape index (κ3) is 3.00. The summed E-state index contributed by atoms with van der Waals surface area (Å²) in [7, 11) is 0. The van der Waals surface area contributed by atoms with Crippen molar-refractivity contribution in [3.05, 3.63) is 53.9 Å². The highest BCUT2D eigenvalue weighted by Gasteiger charge is 2.13. The molecule has 0 saturated carbocycles. The van der Waals surface area contributed by atoms with Gasteiger partial charge in [0.25, 0.3) is 5.91 Å². The number of rotatable bonds is 3. The van der Waals surface area contributed by atoms with Gasteiger partial charge < -0.3 is 14.8 Å². The lowest BCUT2D eigenvalue weighted by Gasteiger charge is -2.06. The lowest BCUT2D eigenvalue weighted by molar-refractivity contribution is 0.0950. The van der Waals surface area contributed by atoms with Gasteiger partial charge in [-0.05, 0) is 29.8 Å². The van der Waals surface area contributed by atoms with E-state index in [9.17, 15) is 4.79 Å². The molecule has 20 heavy (non-hydrogen) atoms. The average Bonchev–Trinajstić information content (AvgIpc) is 2.93. The normalized spacial score (nSPS) is 11.6. The first-order valence-corrected chi connectivity index (χ1v) is 5.90. The summed E-state index contributed by atoms with van der Waals surface area (Å²) in [4.78, 5) is 15.8. The molecular weight excluding hydrogens is 280 g/mol. The van der Waals surface area contributed by atoms with Crippen LogP contribution in [0.4, 0.5) is 0 Å². The molecule has 1 aromatic heterocycles. The van der Waals surface area contributed by atoms with Crippen molar-refractivity contribution >= 4 is 18.3 Å². The first-order valence-electron chi connectivity index (χ1n) is 5.90. The second-order valence-electron chi connectivity index (χ2n) is 4.11. The molecule has 0 aliphatic carbocycles. The summed E-state index contributed by atoms with van der Waals surface area (Å²) in [5, 5.41) is 2.83. The van der Waals surface area contributed by atoms with Crippen molar-refractivity contribution in [2.45, 2.75) is 6.54 Å². The summed E-state index contributed by atoms with van der Waals surface area (Å²) >= 11 is 0. The van der Waals surface area contributed by atoms with Gasteiger partial charge in [0, 0.05) is 18.9 Å². The maximum Gasteiger partial charge on any atom is 0.253 e. The van der Waals surface area contributed by atoms with Gasteiger partial charge in [-0.2, -0.15) is 0 Å². The standard InChI is InChI=1S/C14H12N2O3.ClH/c17-14(11-2-1-5-15-8-11)16-7-10-3-4-12-13(6-10)19-9-18-12;/h1-6,8H,7,9H2,(H,16,17);1H. The number of aromatic nitrogens is 1. The smallest absolute Gasteiger partial charge is 0.253 e. The lowest BCUT2D eigenvalue weighted by Crippen LogP contribution is -2.22. The van der Waals surface area contributed by atoms with Gasteiger partial charge >= 0.3 is 0 Å². The summed E-state index contributed by atoms with van der Waals surface area (Å²) in [5.74, 6) is 1.31. The van der Waals surface area contributed by atoms with Crippen LogP contribution in [-0.2, 0) is 6.54 Å². The predicted octanol–water partition coefficient (Wildman–Crippen LogP) is 2.16. The molecule has 3 rings (SSSR count). The molecule has 1 N–H and O–H groups in total. The van der Waals surface area contributed by atoms with E-state index in [1.165, 1.54) is 6.20 Å². The number of carbonyl (C=O) groups is 1. The van der Waals surface area contributed by atoms with Crippen LogP contribution in [0.15, 0.2) is 42.7 Å². The Hall–Kier alpha value is -2.27. The Morgan fingerprint density at radius 3 is 2.90 bits per heavy atom. The molecule has 1 aliphatic heterocycles. The fourth-order valence-corrected chi connectivity index (χ4v) is 1.83. The molecule has 1 aromatic carbocycles. The molecule has 5 nitrogen and oxygen atoms in total. The molecule has 6 heteroatoms. The van der Waals surface area contributed by atoms with E-state index in [1.54, 1.807) is 18.3 Å². The minimum Gasteiger partial charge on any atom is -0.454 e. The number of nitrogens with one attached hydrogen (secondary N) is 1. The third-order valence-corrected chi connectivity index (χ3v) is 2.81. The number of nitrogens with zero attached hydrogens (tertiary/aromatic N) is 1. The maximum absolute atomic E-state index is 11.8. The Labute approximate surface area is 122 Å². The fourth-order valence-electron chi connectivity index (χ4n) is 1.83. The van der Waals surface area contributed by atoms with Crippen LogP contribution in [0.3, 0.4) is 0 Å². The molecule has 2 heterocycles. The summed E-state index contributed by atoms with van der Waals surface area (Å²) in [6, 6.07) is 9.06. The Kier molecular flexibility index (Phi) is 4.42. The fraction of sp³-hybridized carbons (Fsp3) is 0.143. The summed E-state index contributed by atoms with van der Waals surface area (Å²) < 4.78 is 10.5. The van der Waals surface area contributed by atoms with E-state index in [4.69, 9.17) is 9.47 Å². The van der Waals surface area contributed by atoms with Gasteiger partial charge in [-0.25, -0.2) is 0 Å². The first kappa shape index (κ1) is 14.1. The highest BCUT2D eigenvalue weighted by Crippen LogP contribution is 2.32. The van der Waals surface area contributed by atoms with Crippen LogP contribution < -0.4 is 14.8 Å². The van der Waals surface area contributed by atoms with Gasteiger partial charge in [0.1, 0.15) is 0 Å². The van der Waals surface area contributed by atoms with Crippen molar-refractivity contribution in [2.75, 3.05) is 6.79 Å². The van der Waals surface area contributed by atoms with Crippen LogP contribution in [0.1, 0.15) is 15.9 Å². The van der Waals surface area contributed by atoms with E-state index in [0.29, 0.717) is 17.9 Å². The van der Waals surface area contributed by atoms with Gasteiger partial charge in [-0.3, -0.25) is 9.78 Å². The first-order chi connectivity index (χ1) is 9.33. The molecular formula is C14H13ClN2O3. The summed E-state index contributed by atoms with van der Waals surface area (Å²) in [6.45, 7) is 0.686. The predicted molar refractivity (Wildman–Crippen MR) is 75.2 cm³/mol. The molecule has 0 unspecified atom stereocenters. The molecule has 0 radical (unpaired) electrons. The Morgan fingerprint density at radius 1 is 1.25 bits per heavy atom. The molecule has 104 valence electrons. The molecule has 0 spiro atoms. The van der Waals surface area contributed by atoms with E-state index in [2.05, 4.69) is 10.3 Å². The van der Waals surface area contributed by atoms with Gasteiger partial charge in [-0.1, -0.05) is 6.07 Å². The lowest BCUT2D eigenvalue weighted by atomic mass is 10.2. The Morgan fingerprint density at radius 2 is 2.10 bits per heavy atom. The van der Waals surface area contributed by atoms with E-state index < -0.39 is 0 Å². The Bertz CT molecular complexity index is 605. The zero-order valence-electron chi connectivity index (χ0n) is 10.5. The molecule has 1 amide bonds. The third-order valence-electron chi connectivity index (χ3n) is 2.81. The number of fused-ring (bicyclic) bond motifs is 1. The number of amides is 1. The number of benzene rings is 1. The number of hydrogen-bond donors (Lipinski definition) is 1. The SMILES string of the molecule is Cl.O=C(NCc1ccc2c(c1)OCO2)c1cccnc1. The number of ether oxygens (including phenoxy) is 2. The number of halogens is 1. The van der Waals surface area contributed by atoms with Crippen molar-refractivity contribution in [3.63, 3.8) is 0 Å². The van der Waals surface area contributed by atoms with E-state index >= 15 is 0 Å². The number of pyridine rings is 1. The van der Waals surface area contributed by atoms with E-state index in [-0.39, 0.29) is 25.1 Å². The van der Waals surface area contributed by atoms with Crippen LogP contribution in [-0.4, -0.2) is 17.7 Å². The second-order valence-corrected chi connectivity index (χ2v) is 4.11. The highest BCUT2D eigenvalue weighted by molar-refractivity contribution is 5.93. The summed E-state index contributed by atoms with van der Waals surface area (Å²) in [5.41, 5.74) is 1.50. The number of carbonyl (C=O) groups excluding carboxylic acids is 1. The van der Waals surface area contributed by atoms with Gasteiger partial charge in [0.05, 0.1) is 5.56 Å². The van der Waals surface area contributed by atoms with Crippen molar-refractivity contribution in [1.29, 1.82) is 0 Å². The van der Waals surface area contributed by atoms with Crippen LogP contribution in [0.5, 0.6) is 11.5 Å². The van der Waals surface area contributed by atoms with Crippen molar-refractivity contribution < 1.29 is 14.3 Å². The van der Waals surface area contributed by atoms with E-state index in [0.717, 1.165) is 11.3 Å². The zero-order valence-corrected chi connectivity index (χ0v) is 11.4. The minimum atomic E-state index is -0.147.